The van der Waals surface area contributed by atoms with Gasteiger partial charge in [-0.05, 0) is 126 Å². The third-order valence-corrected chi connectivity index (χ3v) is 13.5. The van der Waals surface area contributed by atoms with Gasteiger partial charge in [0.25, 0.3) is 0 Å². The Labute approximate surface area is 371 Å². The Hall–Kier alpha value is -5.75. The first-order valence-electron chi connectivity index (χ1n) is 23.3. The molecule has 330 valence electrons. The molecule has 63 heavy (non-hydrogen) atoms. The largest absolute Gasteiger partial charge is 0.444 e. The Morgan fingerprint density at radius 3 is 1.71 bits per heavy atom. The molecule has 3 aromatic carbocycles. The number of likely N-dealkylation sites (tertiary alicyclic amines) is 3. The van der Waals surface area contributed by atoms with Gasteiger partial charge in [-0.3, -0.25) is 14.5 Å². The number of rotatable bonds is 10. The minimum absolute atomic E-state index is 0.0317. The third-order valence-electron chi connectivity index (χ3n) is 13.5. The van der Waals surface area contributed by atoms with Crippen LogP contribution >= 0.6 is 0 Å². The maximum atomic E-state index is 14.4. The summed E-state index contributed by atoms with van der Waals surface area (Å²) in [5.41, 5.74) is 6.72. The lowest BCUT2D eigenvalue weighted by Gasteiger charge is -2.37. The van der Waals surface area contributed by atoms with Crippen LogP contribution < -0.4 is 5.32 Å². The Morgan fingerprint density at radius 1 is 0.635 bits per heavy atom. The highest BCUT2D eigenvalue weighted by Crippen LogP contribution is 2.38. The molecule has 3 saturated heterocycles. The van der Waals surface area contributed by atoms with E-state index in [0.717, 1.165) is 141 Å². The van der Waals surface area contributed by atoms with Crippen LogP contribution in [0.2, 0.25) is 0 Å². The maximum absolute atomic E-state index is 14.4. The van der Waals surface area contributed by atoms with E-state index >= 15 is 0 Å². The zero-order chi connectivity index (χ0) is 43.5. The maximum Gasteiger partial charge on any atom is 0.407 e. The summed E-state index contributed by atoms with van der Waals surface area (Å²) in [4.78, 5) is 63.7. The van der Waals surface area contributed by atoms with Crippen molar-refractivity contribution in [2.24, 2.45) is 5.92 Å². The molecule has 3 amide bonds. The first-order chi connectivity index (χ1) is 30.6. The molecule has 3 N–H and O–H groups in total. The number of carbonyl (C=O) groups is 3. The number of H-pyrrole nitrogens is 2. The number of amides is 3. The van der Waals surface area contributed by atoms with E-state index in [2.05, 4.69) is 85.7 Å². The molecule has 3 atom stereocenters. The van der Waals surface area contributed by atoms with Crippen LogP contribution in [-0.4, -0.2) is 90.4 Å². The highest BCUT2D eigenvalue weighted by molar-refractivity contribution is 5.84. The standard InChI is InChI=1S/C51H62N8O4/c1-51(2,3)63-50(62)54-40-26-24-39(25-27-40)48(60)58-30-10-14-43(58)46-52-32-41(55-46)36-20-16-34(17-21-36)35-18-22-37(23-19-35)42-33-53-47(56-42)44-15-11-31-59(44)49(61)45(38-12-6-4-7-13-38)57-28-8-5-9-29-57/h4,6-7,12-13,16-23,32-33,39-40,43-45H,5,8-11,14-15,24-31H2,1-3H3,(H,52,55)(H,53,56)(H,54,62)/t39?,40?,43-,44-,45?/m0/s1. The van der Waals surface area contributed by atoms with Crippen LogP contribution in [0.5, 0.6) is 0 Å². The average molecular weight is 851 g/mol. The molecule has 4 fully saturated rings. The monoisotopic (exact) mass is 850 g/mol. The second kappa shape index (κ2) is 18.5. The number of ether oxygens (including phenoxy) is 1. The number of nitrogens with zero attached hydrogens (tertiary/aromatic N) is 5. The SMILES string of the molecule is CC(C)(C)OC(=O)NC1CCC(C(=O)N2CCC[C@H]2c2ncc(-c3ccc(-c4ccc(-c5cnc([C@@H]6CCCN6C(=O)C(c6ccccc6)N6CCCCC6)[nH]5)cc4)cc3)[nH]2)CC1. The lowest BCUT2D eigenvalue weighted by Crippen LogP contribution is -2.44. The van der Waals surface area contributed by atoms with E-state index in [-0.39, 0.29) is 41.9 Å². The predicted molar refractivity (Wildman–Crippen MR) is 244 cm³/mol. The highest BCUT2D eigenvalue weighted by atomic mass is 16.6. The number of piperidine rings is 1. The normalized spacial score (nSPS) is 22.5. The molecule has 2 aromatic heterocycles. The Balaban J connectivity index is 0.811. The zero-order valence-corrected chi connectivity index (χ0v) is 37.0. The number of benzene rings is 3. The lowest BCUT2D eigenvalue weighted by atomic mass is 9.85. The zero-order valence-electron chi connectivity index (χ0n) is 37.0. The van der Waals surface area contributed by atoms with Gasteiger partial charge >= 0.3 is 6.09 Å². The van der Waals surface area contributed by atoms with Gasteiger partial charge in [-0.2, -0.15) is 0 Å². The topological polar surface area (TPSA) is 140 Å². The van der Waals surface area contributed by atoms with Crippen LogP contribution in [0.4, 0.5) is 4.79 Å². The fourth-order valence-corrected chi connectivity index (χ4v) is 10.3. The summed E-state index contributed by atoms with van der Waals surface area (Å²) in [7, 11) is 0. The minimum atomic E-state index is -0.537. The van der Waals surface area contributed by atoms with Gasteiger partial charge < -0.3 is 29.8 Å². The van der Waals surface area contributed by atoms with Crippen LogP contribution in [0.25, 0.3) is 33.6 Å². The van der Waals surface area contributed by atoms with Gasteiger partial charge in [0.1, 0.15) is 23.3 Å². The number of imidazole rings is 2. The molecule has 5 aromatic rings. The summed E-state index contributed by atoms with van der Waals surface area (Å²) in [6.07, 6.45) is 13.6. The molecule has 1 unspecified atom stereocenters. The first-order valence-corrected chi connectivity index (χ1v) is 23.3. The molecule has 3 aliphatic heterocycles. The van der Waals surface area contributed by atoms with Gasteiger partial charge in [-0.25, -0.2) is 14.8 Å². The number of aromatic amines is 2. The second-order valence-electron chi connectivity index (χ2n) is 19.0. The van der Waals surface area contributed by atoms with Gasteiger partial charge in [0, 0.05) is 25.0 Å². The average Bonchev–Trinajstić information content (AvgIpc) is 4.14. The summed E-state index contributed by atoms with van der Waals surface area (Å²) in [6, 6.07) is 27.0. The number of hydrogen-bond acceptors (Lipinski definition) is 7. The predicted octanol–water partition coefficient (Wildman–Crippen LogP) is 9.77. The van der Waals surface area contributed by atoms with Crippen molar-refractivity contribution in [3.05, 3.63) is 108 Å². The van der Waals surface area contributed by atoms with Crippen molar-refractivity contribution < 1.29 is 19.1 Å². The lowest BCUT2D eigenvalue weighted by molar-refractivity contribution is -0.139. The number of carbonyl (C=O) groups excluding carboxylic acids is 3. The van der Waals surface area contributed by atoms with E-state index < -0.39 is 11.7 Å². The van der Waals surface area contributed by atoms with Crippen molar-refractivity contribution in [2.45, 2.75) is 121 Å². The van der Waals surface area contributed by atoms with Crippen molar-refractivity contribution in [3.63, 3.8) is 0 Å². The highest BCUT2D eigenvalue weighted by Gasteiger charge is 2.40. The van der Waals surface area contributed by atoms with Gasteiger partial charge in [-0.15, -0.1) is 0 Å². The van der Waals surface area contributed by atoms with Crippen molar-refractivity contribution in [3.8, 4) is 33.6 Å². The fraction of sp³-hybridized carbons (Fsp3) is 0.471. The van der Waals surface area contributed by atoms with Gasteiger partial charge in [0.15, 0.2) is 0 Å². The van der Waals surface area contributed by atoms with Crippen molar-refractivity contribution in [1.29, 1.82) is 0 Å². The van der Waals surface area contributed by atoms with Gasteiger partial charge in [0.2, 0.25) is 11.8 Å². The summed E-state index contributed by atoms with van der Waals surface area (Å²) in [5.74, 6) is 2.02. The van der Waals surface area contributed by atoms with Crippen molar-refractivity contribution >= 4 is 17.9 Å². The van der Waals surface area contributed by atoms with Crippen molar-refractivity contribution in [2.75, 3.05) is 26.2 Å². The molecule has 12 nitrogen and oxygen atoms in total. The Morgan fingerprint density at radius 2 is 1.16 bits per heavy atom. The first kappa shape index (κ1) is 42.5. The fourth-order valence-electron chi connectivity index (χ4n) is 10.3. The molecule has 0 radical (unpaired) electrons. The van der Waals surface area contributed by atoms with E-state index in [1.54, 1.807) is 0 Å². The Kier molecular flexibility index (Phi) is 12.5. The molecular weight excluding hydrogens is 789 g/mol. The van der Waals surface area contributed by atoms with E-state index in [1.807, 2.05) is 56.3 Å². The van der Waals surface area contributed by atoms with Crippen LogP contribution in [0, 0.1) is 5.92 Å². The van der Waals surface area contributed by atoms with Gasteiger partial charge in [0.05, 0.1) is 35.9 Å². The minimum Gasteiger partial charge on any atom is -0.444 e. The molecule has 9 rings (SSSR count). The quantitative estimate of drug-likeness (QED) is 0.127. The molecule has 0 bridgehead atoms. The molecule has 4 aliphatic rings. The number of hydrogen-bond donors (Lipinski definition) is 3. The van der Waals surface area contributed by atoms with Crippen LogP contribution in [-0.2, 0) is 14.3 Å². The summed E-state index contributed by atoms with van der Waals surface area (Å²) < 4.78 is 5.43. The molecule has 0 spiro atoms. The summed E-state index contributed by atoms with van der Waals surface area (Å²) in [5, 5.41) is 2.99. The van der Waals surface area contributed by atoms with E-state index in [9.17, 15) is 14.4 Å². The van der Waals surface area contributed by atoms with Crippen LogP contribution in [0.1, 0.15) is 127 Å². The molecule has 12 heteroatoms. The Bertz CT molecular complexity index is 2340. The number of alkyl carbamates (subject to hydrolysis) is 1. The van der Waals surface area contributed by atoms with Crippen LogP contribution in [0.3, 0.4) is 0 Å². The van der Waals surface area contributed by atoms with E-state index in [0.29, 0.717) is 0 Å². The number of aromatic nitrogens is 4. The van der Waals surface area contributed by atoms with E-state index in [1.165, 1.54) is 6.42 Å². The molecule has 5 heterocycles. The molecule has 1 saturated carbocycles. The molecule has 1 aliphatic carbocycles. The van der Waals surface area contributed by atoms with Crippen LogP contribution in [0.15, 0.2) is 91.3 Å². The second-order valence-corrected chi connectivity index (χ2v) is 19.0. The molecular formula is C51H62N8O4. The smallest absolute Gasteiger partial charge is 0.407 e. The van der Waals surface area contributed by atoms with Gasteiger partial charge in [-0.1, -0.05) is 85.3 Å². The van der Waals surface area contributed by atoms with E-state index in [4.69, 9.17) is 14.7 Å². The third kappa shape index (κ3) is 9.61. The summed E-state index contributed by atoms with van der Waals surface area (Å²) in [6.45, 7) is 8.96. The number of nitrogens with one attached hydrogen (secondary N) is 3. The van der Waals surface area contributed by atoms with Crippen molar-refractivity contribution in [1.82, 2.24) is 40.0 Å². The summed E-state index contributed by atoms with van der Waals surface area (Å²) >= 11 is 0.